The second-order valence-corrected chi connectivity index (χ2v) is 7.41. The first-order valence-corrected chi connectivity index (χ1v) is 9.47. The van der Waals surface area contributed by atoms with Crippen LogP contribution in [-0.4, -0.2) is 42.0 Å². The van der Waals surface area contributed by atoms with Crippen LogP contribution >= 0.6 is 0 Å². The Labute approximate surface area is 154 Å². The van der Waals surface area contributed by atoms with Crippen LogP contribution in [0.25, 0.3) is 0 Å². The first-order valence-electron chi connectivity index (χ1n) is 9.47. The van der Waals surface area contributed by atoms with Gasteiger partial charge in [0.1, 0.15) is 6.17 Å². The van der Waals surface area contributed by atoms with Crippen LogP contribution in [0, 0.1) is 0 Å². The number of likely N-dealkylation sites (tertiary alicyclic amines) is 1. The van der Waals surface area contributed by atoms with Crippen LogP contribution in [0.4, 0.5) is 4.39 Å². The fourth-order valence-electron chi connectivity index (χ4n) is 4.23. The average molecular weight is 358 g/mol. The molecule has 1 aliphatic heterocycles. The molecular weight excluding hydrogens is 331 g/mol. The fourth-order valence-corrected chi connectivity index (χ4v) is 4.23. The number of hydrogen-bond acceptors (Lipinski definition) is 2. The molecule has 0 radical (unpaired) electrons. The second-order valence-electron chi connectivity index (χ2n) is 7.41. The molecule has 2 amide bonds. The summed E-state index contributed by atoms with van der Waals surface area (Å²) in [6.45, 7) is 4.58. The number of benzene rings is 1. The highest BCUT2D eigenvalue weighted by molar-refractivity contribution is 5.90. The Kier molecular flexibility index (Phi) is 5.74. The molecule has 1 aromatic rings. The number of amides is 2. The fraction of sp³-hybridized carbons (Fsp3) is 0.524. The minimum atomic E-state index is -0.825. The quantitative estimate of drug-likeness (QED) is 0.841. The van der Waals surface area contributed by atoms with Crippen LogP contribution < -0.4 is 5.32 Å². The number of alkyl halides is 1. The molecule has 0 aromatic heterocycles. The molecule has 1 saturated heterocycles. The van der Waals surface area contributed by atoms with E-state index in [2.05, 4.69) is 11.9 Å². The molecule has 1 N–H and O–H groups in total. The van der Waals surface area contributed by atoms with E-state index < -0.39 is 11.6 Å². The van der Waals surface area contributed by atoms with E-state index in [4.69, 9.17) is 0 Å². The standard InChI is InChI=1S/C21H27FN2O2/c1-2-19(25)24-13-11-21(12-14-24,16-7-4-3-5-8-16)20(26)23-18-10-6-9-17(22)15-18/h2-5,7-8,17-18H,1,6,9-15H2,(H,23,26). The highest BCUT2D eigenvalue weighted by Crippen LogP contribution is 2.36. The summed E-state index contributed by atoms with van der Waals surface area (Å²) in [5.74, 6) is -0.131. The Bertz CT molecular complexity index is 653. The number of carbonyl (C=O) groups excluding carboxylic acids is 2. The molecule has 26 heavy (non-hydrogen) atoms. The van der Waals surface area contributed by atoms with Crippen LogP contribution in [0.5, 0.6) is 0 Å². The van der Waals surface area contributed by atoms with E-state index in [1.54, 1.807) is 4.90 Å². The van der Waals surface area contributed by atoms with Crippen LogP contribution in [-0.2, 0) is 15.0 Å². The minimum Gasteiger partial charge on any atom is -0.352 e. The second kappa shape index (κ2) is 8.02. The molecule has 1 aromatic carbocycles. The van der Waals surface area contributed by atoms with Gasteiger partial charge in [0.05, 0.1) is 5.41 Å². The topological polar surface area (TPSA) is 49.4 Å². The predicted octanol–water partition coefficient (Wildman–Crippen LogP) is 3.13. The molecule has 1 heterocycles. The summed E-state index contributed by atoms with van der Waals surface area (Å²) in [5.41, 5.74) is 0.304. The van der Waals surface area contributed by atoms with Crippen molar-refractivity contribution < 1.29 is 14.0 Å². The molecular formula is C21H27FN2O2. The minimum absolute atomic E-state index is 0.0338. The SMILES string of the molecule is C=CC(=O)N1CCC(C(=O)NC2CCCC(F)C2)(c2ccccc2)CC1. The molecule has 3 rings (SSSR count). The first-order chi connectivity index (χ1) is 12.5. The molecule has 2 aliphatic rings. The van der Waals surface area contributed by atoms with Crippen molar-refractivity contribution in [3.05, 3.63) is 48.6 Å². The van der Waals surface area contributed by atoms with E-state index >= 15 is 0 Å². The summed E-state index contributed by atoms with van der Waals surface area (Å²) in [6, 6.07) is 9.65. The number of hydrogen-bond donors (Lipinski definition) is 1. The lowest BCUT2D eigenvalue weighted by Crippen LogP contribution is -2.55. The van der Waals surface area contributed by atoms with E-state index in [0.29, 0.717) is 38.8 Å². The number of carbonyl (C=O) groups is 2. The molecule has 2 fully saturated rings. The monoisotopic (exact) mass is 358 g/mol. The van der Waals surface area contributed by atoms with Crippen molar-refractivity contribution in [2.75, 3.05) is 13.1 Å². The first kappa shape index (κ1) is 18.6. The van der Waals surface area contributed by atoms with Gasteiger partial charge in [-0.3, -0.25) is 9.59 Å². The molecule has 0 spiro atoms. The summed E-state index contributed by atoms with van der Waals surface area (Å²) in [7, 11) is 0. The van der Waals surface area contributed by atoms with Crippen molar-refractivity contribution in [3.8, 4) is 0 Å². The third-order valence-corrected chi connectivity index (χ3v) is 5.81. The van der Waals surface area contributed by atoms with Crippen molar-refractivity contribution in [1.82, 2.24) is 10.2 Å². The van der Waals surface area contributed by atoms with E-state index in [9.17, 15) is 14.0 Å². The van der Waals surface area contributed by atoms with Gasteiger partial charge in [-0.15, -0.1) is 0 Å². The van der Waals surface area contributed by atoms with Crippen LogP contribution in [0.2, 0.25) is 0 Å². The summed E-state index contributed by atoms with van der Waals surface area (Å²) >= 11 is 0. The zero-order chi connectivity index (χ0) is 18.6. The van der Waals surface area contributed by atoms with Gasteiger partial charge in [0.15, 0.2) is 0 Å². The van der Waals surface area contributed by atoms with Gasteiger partial charge in [0, 0.05) is 19.1 Å². The largest absolute Gasteiger partial charge is 0.352 e. The van der Waals surface area contributed by atoms with Gasteiger partial charge in [-0.25, -0.2) is 4.39 Å². The highest BCUT2D eigenvalue weighted by Gasteiger charge is 2.44. The maximum Gasteiger partial charge on any atom is 0.245 e. The summed E-state index contributed by atoms with van der Waals surface area (Å²) in [4.78, 5) is 26.9. The van der Waals surface area contributed by atoms with E-state index in [1.807, 2.05) is 30.3 Å². The van der Waals surface area contributed by atoms with Crippen LogP contribution in [0.3, 0.4) is 0 Å². The summed E-state index contributed by atoms with van der Waals surface area (Å²) in [5, 5.41) is 3.11. The number of nitrogens with one attached hydrogen (secondary N) is 1. The van der Waals surface area contributed by atoms with Crippen LogP contribution in [0.1, 0.15) is 44.1 Å². The molecule has 0 bridgehead atoms. The predicted molar refractivity (Wildman–Crippen MR) is 99.4 cm³/mol. The molecule has 2 unspecified atom stereocenters. The summed E-state index contributed by atoms with van der Waals surface area (Å²) in [6.07, 6.45) is 4.26. The Balaban J connectivity index is 1.79. The van der Waals surface area contributed by atoms with Crippen molar-refractivity contribution >= 4 is 11.8 Å². The molecule has 5 heteroatoms. The Hall–Kier alpha value is -2.17. The van der Waals surface area contributed by atoms with E-state index in [1.165, 1.54) is 6.08 Å². The third kappa shape index (κ3) is 3.81. The van der Waals surface area contributed by atoms with E-state index in [-0.39, 0.29) is 17.9 Å². The molecule has 1 saturated carbocycles. The van der Waals surface area contributed by atoms with Gasteiger partial charge in [-0.2, -0.15) is 0 Å². The number of piperidine rings is 1. The maximum absolute atomic E-state index is 13.7. The average Bonchev–Trinajstić information content (AvgIpc) is 2.68. The van der Waals surface area contributed by atoms with Crippen molar-refractivity contribution in [1.29, 1.82) is 0 Å². The zero-order valence-electron chi connectivity index (χ0n) is 15.1. The molecule has 2 atom stereocenters. The van der Waals surface area contributed by atoms with Gasteiger partial charge in [-0.05, 0) is 50.2 Å². The van der Waals surface area contributed by atoms with Gasteiger partial charge in [0.25, 0.3) is 0 Å². The number of nitrogens with zero attached hydrogens (tertiary/aromatic N) is 1. The van der Waals surface area contributed by atoms with E-state index in [0.717, 1.165) is 18.4 Å². The zero-order valence-corrected chi connectivity index (χ0v) is 15.1. The highest BCUT2D eigenvalue weighted by atomic mass is 19.1. The maximum atomic E-state index is 13.7. The summed E-state index contributed by atoms with van der Waals surface area (Å²) < 4.78 is 13.7. The Morgan fingerprint density at radius 2 is 1.88 bits per heavy atom. The molecule has 1 aliphatic carbocycles. The Morgan fingerprint density at radius 1 is 1.19 bits per heavy atom. The van der Waals surface area contributed by atoms with Crippen molar-refractivity contribution in [2.24, 2.45) is 0 Å². The van der Waals surface area contributed by atoms with Gasteiger partial charge in [0.2, 0.25) is 11.8 Å². The lowest BCUT2D eigenvalue weighted by atomic mass is 9.71. The Morgan fingerprint density at radius 3 is 2.50 bits per heavy atom. The van der Waals surface area contributed by atoms with Crippen LogP contribution in [0.15, 0.2) is 43.0 Å². The lowest BCUT2D eigenvalue weighted by Gasteiger charge is -2.42. The normalized spacial score (nSPS) is 25.3. The van der Waals surface area contributed by atoms with Gasteiger partial charge in [-0.1, -0.05) is 36.9 Å². The van der Waals surface area contributed by atoms with Gasteiger partial charge < -0.3 is 10.2 Å². The van der Waals surface area contributed by atoms with Crippen molar-refractivity contribution in [3.63, 3.8) is 0 Å². The number of halogens is 1. The lowest BCUT2D eigenvalue weighted by molar-refractivity contribution is -0.134. The molecule has 140 valence electrons. The molecule has 4 nitrogen and oxygen atoms in total. The smallest absolute Gasteiger partial charge is 0.245 e. The van der Waals surface area contributed by atoms with Gasteiger partial charge >= 0.3 is 0 Å². The third-order valence-electron chi connectivity index (χ3n) is 5.81. The van der Waals surface area contributed by atoms with Crippen molar-refractivity contribution in [2.45, 2.75) is 56.2 Å². The number of rotatable bonds is 4.